The van der Waals surface area contributed by atoms with Gasteiger partial charge in [-0.05, 0) is 12.8 Å². The van der Waals surface area contributed by atoms with Gasteiger partial charge in [-0.1, -0.05) is 6.42 Å². The molecule has 3 rings (SSSR count). The average molecular weight is 197 g/mol. The van der Waals surface area contributed by atoms with Crippen molar-refractivity contribution in [2.75, 3.05) is 33.4 Å². The molecule has 3 aliphatic rings. The lowest BCUT2D eigenvalue weighted by Gasteiger charge is -2.36. The van der Waals surface area contributed by atoms with Crippen molar-refractivity contribution < 1.29 is 9.47 Å². The molecule has 2 unspecified atom stereocenters. The molecule has 1 aliphatic heterocycles. The van der Waals surface area contributed by atoms with Gasteiger partial charge in [0.05, 0.1) is 13.2 Å². The lowest BCUT2D eigenvalue weighted by Crippen LogP contribution is -2.48. The molecule has 1 heterocycles. The third kappa shape index (κ3) is 1.03. The maximum absolute atomic E-state index is 5.83. The number of hydrogen-bond donors (Lipinski definition) is 0. The summed E-state index contributed by atoms with van der Waals surface area (Å²) in [7, 11) is 1.88. The number of morpholine rings is 1. The average Bonchev–Trinajstić information content (AvgIpc) is 2.62. The van der Waals surface area contributed by atoms with Gasteiger partial charge in [-0.25, -0.2) is 0 Å². The van der Waals surface area contributed by atoms with E-state index >= 15 is 0 Å². The summed E-state index contributed by atoms with van der Waals surface area (Å²) in [5.41, 5.74) is 0.127. The summed E-state index contributed by atoms with van der Waals surface area (Å²) in [6.07, 6.45) is 4.15. The lowest BCUT2D eigenvalue weighted by atomic mass is 10.1. The van der Waals surface area contributed by atoms with Crippen LogP contribution in [0.1, 0.15) is 19.3 Å². The first-order chi connectivity index (χ1) is 6.89. The van der Waals surface area contributed by atoms with Crippen molar-refractivity contribution in [3.8, 4) is 0 Å². The van der Waals surface area contributed by atoms with E-state index in [4.69, 9.17) is 9.47 Å². The molecule has 0 bridgehead atoms. The first kappa shape index (κ1) is 9.13. The van der Waals surface area contributed by atoms with Gasteiger partial charge in [0, 0.05) is 32.0 Å². The number of methoxy groups -OCH3 is 1. The van der Waals surface area contributed by atoms with Gasteiger partial charge >= 0.3 is 0 Å². The third-order valence-electron chi connectivity index (χ3n) is 4.30. The Morgan fingerprint density at radius 1 is 1.21 bits per heavy atom. The van der Waals surface area contributed by atoms with Gasteiger partial charge in [0.2, 0.25) is 0 Å². The third-order valence-corrected chi connectivity index (χ3v) is 4.30. The lowest BCUT2D eigenvalue weighted by molar-refractivity contribution is -0.118. The van der Waals surface area contributed by atoms with E-state index in [9.17, 15) is 0 Å². The molecule has 0 radical (unpaired) electrons. The predicted octanol–water partition coefficient (Wildman–Crippen LogP) is 1.09. The van der Waals surface area contributed by atoms with Gasteiger partial charge in [-0.3, -0.25) is 4.90 Å². The highest BCUT2D eigenvalue weighted by atomic mass is 16.5. The smallest absolute Gasteiger partial charge is 0.127 e. The fraction of sp³-hybridized carbons (Fsp3) is 1.00. The van der Waals surface area contributed by atoms with Crippen LogP contribution in [0, 0.1) is 11.8 Å². The van der Waals surface area contributed by atoms with E-state index in [-0.39, 0.29) is 5.72 Å². The molecule has 2 saturated carbocycles. The highest BCUT2D eigenvalue weighted by molar-refractivity contribution is 5.15. The summed E-state index contributed by atoms with van der Waals surface area (Å²) < 4.78 is 11.2. The minimum Gasteiger partial charge on any atom is -0.379 e. The first-order valence-corrected chi connectivity index (χ1v) is 5.77. The summed E-state index contributed by atoms with van der Waals surface area (Å²) in [4.78, 5) is 2.52. The van der Waals surface area contributed by atoms with Crippen LogP contribution in [0.5, 0.6) is 0 Å². The van der Waals surface area contributed by atoms with Crippen LogP contribution in [0.4, 0.5) is 0 Å². The Morgan fingerprint density at radius 3 is 2.43 bits per heavy atom. The molecule has 0 N–H and O–H groups in total. The van der Waals surface area contributed by atoms with Crippen molar-refractivity contribution in [3.63, 3.8) is 0 Å². The maximum atomic E-state index is 5.83. The Hall–Kier alpha value is -0.120. The number of fused-ring (bicyclic) bond motifs is 1. The quantitative estimate of drug-likeness (QED) is 0.661. The zero-order valence-electron chi connectivity index (χ0n) is 8.87. The van der Waals surface area contributed by atoms with E-state index < -0.39 is 0 Å². The Labute approximate surface area is 85.4 Å². The van der Waals surface area contributed by atoms with Crippen LogP contribution in [0.3, 0.4) is 0 Å². The van der Waals surface area contributed by atoms with E-state index in [1.54, 1.807) is 0 Å². The summed E-state index contributed by atoms with van der Waals surface area (Å²) in [5, 5.41) is 0. The molecule has 0 aromatic heterocycles. The summed E-state index contributed by atoms with van der Waals surface area (Å²) in [6.45, 7) is 3.87. The van der Waals surface area contributed by atoms with Gasteiger partial charge in [0.15, 0.2) is 0 Å². The van der Waals surface area contributed by atoms with Crippen molar-refractivity contribution in [1.82, 2.24) is 4.90 Å². The van der Waals surface area contributed by atoms with Gasteiger partial charge in [0.1, 0.15) is 5.72 Å². The molecule has 14 heavy (non-hydrogen) atoms. The zero-order valence-corrected chi connectivity index (χ0v) is 8.87. The van der Waals surface area contributed by atoms with Gasteiger partial charge in [-0.2, -0.15) is 0 Å². The SMILES string of the molecule is COC1(N2CCOCC2)C2CCCC21. The number of ether oxygens (including phenoxy) is 2. The van der Waals surface area contributed by atoms with E-state index in [1.807, 2.05) is 7.11 Å². The molecule has 80 valence electrons. The van der Waals surface area contributed by atoms with Gasteiger partial charge in [-0.15, -0.1) is 0 Å². The van der Waals surface area contributed by atoms with Crippen LogP contribution in [-0.4, -0.2) is 44.0 Å². The van der Waals surface area contributed by atoms with E-state index in [1.165, 1.54) is 19.3 Å². The minimum absolute atomic E-state index is 0.127. The highest BCUT2D eigenvalue weighted by Gasteiger charge is 2.69. The van der Waals surface area contributed by atoms with Crippen molar-refractivity contribution in [3.05, 3.63) is 0 Å². The van der Waals surface area contributed by atoms with Gasteiger partial charge in [0.25, 0.3) is 0 Å². The fourth-order valence-corrected chi connectivity index (χ4v) is 3.68. The molecule has 0 spiro atoms. The molecular formula is C11H19NO2. The van der Waals surface area contributed by atoms with Crippen molar-refractivity contribution in [2.24, 2.45) is 11.8 Å². The zero-order chi connectivity index (χ0) is 9.60. The van der Waals surface area contributed by atoms with Crippen LogP contribution in [0.15, 0.2) is 0 Å². The molecule has 2 atom stereocenters. The molecule has 0 aromatic carbocycles. The van der Waals surface area contributed by atoms with Crippen LogP contribution >= 0.6 is 0 Å². The van der Waals surface area contributed by atoms with Gasteiger partial charge < -0.3 is 9.47 Å². The topological polar surface area (TPSA) is 21.7 Å². The molecular weight excluding hydrogens is 178 g/mol. The summed E-state index contributed by atoms with van der Waals surface area (Å²) >= 11 is 0. The normalized spacial score (nSPS) is 47.8. The minimum atomic E-state index is 0.127. The Morgan fingerprint density at radius 2 is 1.86 bits per heavy atom. The van der Waals surface area contributed by atoms with Crippen molar-refractivity contribution in [1.29, 1.82) is 0 Å². The number of hydrogen-bond acceptors (Lipinski definition) is 3. The standard InChI is InChI=1S/C11H19NO2/c1-13-11(9-3-2-4-10(9)11)12-5-7-14-8-6-12/h9-10H,2-8H2,1H3. The van der Waals surface area contributed by atoms with Crippen LogP contribution < -0.4 is 0 Å². The van der Waals surface area contributed by atoms with Crippen molar-refractivity contribution in [2.45, 2.75) is 25.0 Å². The molecule has 3 fully saturated rings. The molecule has 0 amide bonds. The second-order valence-corrected chi connectivity index (χ2v) is 4.70. The van der Waals surface area contributed by atoms with Crippen LogP contribution in [-0.2, 0) is 9.47 Å². The largest absolute Gasteiger partial charge is 0.379 e. The van der Waals surface area contributed by atoms with E-state index in [0.29, 0.717) is 0 Å². The second kappa shape index (κ2) is 3.19. The highest BCUT2D eigenvalue weighted by Crippen LogP contribution is 2.64. The van der Waals surface area contributed by atoms with Crippen molar-refractivity contribution >= 4 is 0 Å². The molecule has 1 saturated heterocycles. The molecule has 0 aromatic rings. The van der Waals surface area contributed by atoms with Crippen LogP contribution in [0.25, 0.3) is 0 Å². The molecule has 3 heteroatoms. The Kier molecular flexibility index (Phi) is 2.08. The van der Waals surface area contributed by atoms with E-state index in [0.717, 1.165) is 38.1 Å². The summed E-state index contributed by atoms with van der Waals surface area (Å²) in [5.74, 6) is 1.65. The predicted molar refractivity (Wildman–Crippen MR) is 53.0 cm³/mol. The fourth-order valence-electron chi connectivity index (χ4n) is 3.68. The second-order valence-electron chi connectivity index (χ2n) is 4.70. The summed E-state index contributed by atoms with van der Waals surface area (Å²) in [6, 6.07) is 0. The van der Waals surface area contributed by atoms with Crippen LogP contribution in [0.2, 0.25) is 0 Å². The number of rotatable bonds is 2. The van der Waals surface area contributed by atoms with E-state index in [2.05, 4.69) is 4.90 Å². The number of nitrogens with zero attached hydrogens (tertiary/aromatic N) is 1. The monoisotopic (exact) mass is 197 g/mol. The Balaban J connectivity index is 1.74. The molecule has 3 nitrogen and oxygen atoms in total. The molecule has 2 aliphatic carbocycles. The maximum Gasteiger partial charge on any atom is 0.127 e. The Bertz CT molecular complexity index is 215. The first-order valence-electron chi connectivity index (χ1n) is 5.77.